The molecule has 0 fully saturated rings. The second-order valence-corrected chi connectivity index (χ2v) is 8.28. The Hall–Kier alpha value is -3.18. The first-order chi connectivity index (χ1) is 16.0. The molecule has 0 aliphatic heterocycles. The van der Waals surface area contributed by atoms with Crippen molar-refractivity contribution in [1.29, 1.82) is 0 Å². The number of nitrogens with zero attached hydrogens (tertiary/aromatic N) is 1. The number of halogens is 2. The topological polar surface area (TPSA) is 49.4 Å². The molecule has 3 aromatic carbocycles. The van der Waals surface area contributed by atoms with Gasteiger partial charge in [-0.15, -0.1) is 0 Å². The predicted octanol–water partition coefficient (Wildman–Crippen LogP) is 5.19. The second kappa shape index (κ2) is 12.2. The van der Waals surface area contributed by atoms with Crippen LogP contribution >= 0.6 is 11.6 Å². The summed E-state index contributed by atoms with van der Waals surface area (Å²) in [5, 5.41) is 3.39. The minimum absolute atomic E-state index is 0.0144. The molecule has 0 heterocycles. The minimum atomic E-state index is -0.798. The van der Waals surface area contributed by atoms with Gasteiger partial charge in [0.05, 0.1) is 6.42 Å². The average molecular weight is 467 g/mol. The molecule has 0 bridgehead atoms. The average Bonchev–Trinajstić information content (AvgIpc) is 2.83. The zero-order valence-corrected chi connectivity index (χ0v) is 19.4. The highest BCUT2D eigenvalue weighted by Crippen LogP contribution is 2.21. The molecular weight excluding hydrogens is 439 g/mol. The molecule has 0 aliphatic carbocycles. The van der Waals surface area contributed by atoms with Crippen LogP contribution in [0.3, 0.4) is 0 Å². The predicted molar refractivity (Wildman–Crippen MR) is 129 cm³/mol. The van der Waals surface area contributed by atoms with Crippen molar-refractivity contribution in [2.75, 3.05) is 6.54 Å². The molecule has 1 atom stereocenters. The first-order valence-electron chi connectivity index (χ1n) is 11.1. The lowest BCUT2D eigenvalue weighted by atomic mass is 10.0. The van der Waals surface area contributed by atoms with Gasteiger partial charge in [0.15, 0.2) is 0 Å². The molecule has 4 nitrogen and oxygen atoms in total. The summed E-state index contributed by atoms with van der Waals surface area (Å²) in [5.74, 6) is -0.969. The monoisotopic (exact) mass is 466 g/mol. The van der Waals surface area contributed by atoms with E-state index in [1.54, 1.807) is 36.4 Å². The molecule has 0 aromatic heterocycles. The molecule has 0 aliphatic rings. The van der Waals surface area contributed by atoms with Gasteiger partial charge in [0.1, 0.15) is 11.9 Å². The number of benzene rings is 3. The maximum Gasteiger partial charge on any atom is 0.243 e. The molecule has 0 saturated heterocycles. The minimum Gasteiger partial charge on any atom is -0.354 e. The van der Waals surface area contributed by atoms with Crippen molar-refractivity contribution in [2.24, 2.45) is 0 Å². The third kappa shape index (κ3) is 6.90. The van der Waals surface area contributed by atoms with Crippen LogP contribution in [0.2, 0.25) is 5.02 Å². The van der Waals surface area contributed by atoms with Crippen LogP contribution in [0, 0.1) is 5.82 Å². The second-order valence-electron chi connectivity index (χ2n) is 7.88. The van der Waals surface area contributed by atoms with Gasteiger partial charge >= 0.3 is 0 Å². The molecule has 0 radical (unpaired) electrons. The Bertz CT molecular complexity index is 1070. The Morgan fingerprint density at radius 2 is 1.58 bits per heavy atom. The number of nitrogens with one attached hydrogen (secondary N) is 1. The number of rotatable bonds is 10. The highest BCUT2D eigenvalue weighted by molar-refractivity contribution is 6.31. The number of hydrogen-bond donors (Lipinski definition) is 1. The maximum atomic E-state index is 14.5. The molecule has 33 heavy (non-hydrogen) atoms. The van der Waals surface area contributed by atoms with Gasteiger partial charge in [-0.2, -0.15) is 0 Å². The lowest BCUT2D eigenvalue weighted by Gasteiger charge is -2.32. The standard InChI is InChI=1S/C27H28ClFN2O2/c1-2-16-30-27(33)25(17-20-10-4-3-5-11-20)31(19-22-13-7-9-15-24(22)29)26(32)18-21-12-6-8-14-23(21)28/h3-15,25H,2,16-19H2,1H3,(H,30,33)/t25-/m0/s1. The van der Waals surface area contributed by atoms with Crippen LogP contribution in [0.1, 0.15) is 30.0 Å². The summed E-state index contributed by atoms with van der Waals surface area (Å²) in [6, 6.07) is 22.1. The number of hydrogen-bond acceptors (Lipinski definition) is 2. The smallest absolute Gasteiger partial charge is 0.243 e. The fraction of sp³-hybridized carbons (Fsp3) is 0.259. The fourth-order valence-corrected chi connectivity index (χ4v) is 3.84. The van der Waals surface area contributed by atoms with Crippen LogP contribution in [0.5, 0.6) is 0 Å². The van der Waals surface area contributed by atoms with Crippen molar-refractivity contribution in [2.45, 2.75) is 38.8 Å². The zero-order valence-electron chi connectivity index (χ0n) is 18.6. The van der Waals surface area contributed by atoms with E-state index in [-0.39, 0.29) is 24.8 Å². The molecule has 2 amide bonds. The Morgan fingerprint density at radius 1 is 0.939 bits per heavy atom. The Labute approximate surface area is 199 Å². The van der Waals surface area contributed by atoms with Crippen molar-refractivity contribution >= 4 is 23.4 Å². The van der Waals surface area contributed by atoms with Crippen LogP contribution in [0.15, 0.2) is 78.9 Å². The molecule has 1 N–H and O–H groups in total. The largest absolute Gasteiger partial charge is 0.354 e. The molecule has 3 aromatic rings. The molecule has 6 heteroatoms. The van der Waals surface area contributed by atoms with E-state index in [9.17, 15) is 14.0 Å². The summed E-state index contributed by atoms with van der Waals surface area (Å²) in [4.78, 5) is 28.2. The van der Waals surface area contributed by atoms with E-state index < -0.39 is 11.9 Å². The number of carbonyl (C=O) groups excluding carboxylic acids is 2. The van der Waals surface area contributed by atoms with Crippen molar-refractivity contribution < 1.29 is 14.0 Å². The third-order valence-corrected chi connectivity index (χ3v) is 5.79. The van der Waals surface area contributed by atoms with E-state index in [4.69, 9.17) is 11.6 Å². The van der Waals surface area contributed by atoms with Crippen molar-refractivity contribution in [1.82, 2.24) is 10.2 Å². The van der Waals surface area contributed by atoms with Crippen LogP contribution in [0.25, 0.3) is 0 Å². The van der Waals surface area contributed by atoms with Crippen LogP contribution < -0.4 is 5.32 Å². The van der Waals surface area contributed by atoms with E-state index in [1.165, 1.54) is 11.0 Å². The third-order valence-electron chi connectivity index (χ3n) is 5.42. The van der Waals surface area contributed by atoms with E-state index in [1.807, 2.05) is 43.3 Å². The van der Waals surface area contributed by atoms with Crippen LogP contribution in [0.4, 0.5) is 4.39 Å². The molecule has 0 unspecified atom stereocenters. The van der Waals surface area contributed by atoms with E-state index in [2.05, 4.69) is 5.32 Å². The summed E-state index contributed by atoms with van der Waals surface area (Å²) in [6.45, 7) is 2.44. The van der Waals surface area contributed by atoms with Gasteiger partial charge in [-0.3, -0.25) is 9.59 Å². The van der Waals surface area contributed by atoms with E-state index in [0.717, 1.165) is 12.0 Å². The van der Waals surface area contributed by atoms with E-state index in [0.29, 0.717) is 29.1 Å². The summed E-state index contributed by atoms with van der Waals surface area (Å²) in [5.41, 5.74) is 1.93. The molecule has 0 saturated carbocycles. The van der Waals surface area contributed by atoms with Gasteiger partial charge in [-0.05, 0) is 29.7 Å². The molecule has 0 spiro atoms. The summed E-state index contributed by atoms with van der Waals surface area (Å²) in [6.07, 6.45) is 1.10. The van der Waals surface area contributed by atoms with Crippen molar-refractivity contribution in [3.8, 4) is 0 Å². The van der Waals surface area contributed by atoms with Crippen LogP contribution in [-0.4, -0.2) is 29.3 Å². The molecule has 172 valence electrons. The first kappa shape index (κ1) is 24.5. The fourth-order valence-electron chi connectivity index (χ4n) is 3.64. The van der Waals surface area contributed by atoms with Crippen molar-refractivity contribution in [3.63, 3.8) is 0 Å². The van der Waals surface area contributed by atoms with Gasteiger partial charge in [-0.1, -0.05) is 85.3 Å². The zero-order chi connectivity index (χ0) is 23.6. The Balaban J connectivity index is 1.97. The SMILES string of the molecule is CCCNC(=O)[C@H](Cc1ccccc1)N(Cc1ccccc1F)C(=O)Cc1ccccc1Cl. The highest BCUT2D eigenvalue weighted by atomic mass is 35.5. The number of amides is 2. The van der Waals surface area contributed by atoms with Gasteiger partial charge < -0.3 is 10.2 Å². The Morgan fingerprint density at radius 3 is 2.24 bits per heavy atom. The lowest BCUT2D eigenvalue weighted by molar-refractivity contribution is -0.140. The maximum absolute atomic E-state index is 14.5. The molecular formula is C27H28ClFN2O2. The highest BCUT2D eigenvalue weighted by Gasteiger charge is 2.31. The van der Waals surface area contributed by atoms with E-state index >= 15 is 0 Å². The first-order valence-corrected chi connectivity index (χ1v) is 11.4. The van der Waals surface area contributed by atoms with Gasteiger partial charge in [0.25, 0.3) is 0 Å². The summed E-state index contributed by atoms with van der Waals surface area (Å²) >= 11 is 6.29. The molecule has 3 rings (SSSR count). The summed E-state index contributed by atoms with van der Waals surface area (Å²) < 4.78 is 14.5. The van der Waals surface area contributed by atoms with Gasteiger partial charge in [0, 0.05) is 30.1 Å². The van der Waals surface area contributed by atoms with Gasteiger partial charge in [-0.25, -0.2) is 4.39 Å². The Kier molecular flexibility index (Phi) is 9.02. The number of carbonyl (C=O) groups is 2. The van der Waals surface area contributed by atoms with Gasteiger partial charge in [0.2, 0.25) is 11.8 Å². The normalized spacial score (nSPS) is 11.6. The quantitative estimate of drug-likeness (QED) is 0.447. The summed E-state index contributed by atoms with van der Waals surface area (Å²) in [7, 11) is 0. The van der Waals surface area contributed by atoms with Crippen LogP contribution in [-0.2, 0) is 29.0 Å². The lowest BCUT2D eigenvalue weighted by Crippen LogP contribution is -2.51. The van der Waals surface area contributed by atoms with Crippen molar-refractivity contribution in [3.05, 3.63) is 106 Å².